The second kappa shape index (κ2) is 7.36. The lowest BCUT2D eigenvalue weighted by molar-refractivity contribution is -0.172. The molecule has 1 rings (SSSR count). The van der Waals surface area contributed by atoms with E-state index in [0.717, 1.165) is 6.42 Å². The van der Waals surface area contributed by atoms with Crippen molar-refractivity contribution >= 4 is 11.9 Å². The van der Waals surface area contributed by atoms with Gasteiger partial charge in [-0.1, -0.05) is 20.8 Å². The summed E-state index contributed by atoms with van der Waals surface area (Å²) in [5.74, 6) is -0.462. The molecule has 2 atom stereocenters. The fraction of sp³-hybridized carbons (Fsp3) is 0.846. The van der Waals surface area contributed by atoms with E-state index in [4.69, 9.17) is 14.2 Å². The lowest BCUT2D eigenvalue weighted by atomic mass is 9.83. The van der Waals surface area contributed by atoms with Crippen molar-refractivity contribution in [3.05, 3.63) is 0 Å². The maximum Gasteiger partial charge on any atom is 0.312 e. The predicted octanol–water partition coefficient (Wildman–Crippen LogP) is 1.75. The van der Waals surface area contributed by atoms with Gasteiger partial charge < -0.3 is 14.2 Å². The van der Waals surface area contributed by atoms with Crippen LogP contribution < -0.4 is 0 Å². The van der Waals surface area contributed by atoms with Crippen LogP contribution in [0.15, 0.2) is 0 Å². The lowest BCUT2D eigenvalue weighted by Crippen LogP contribution is -2.31. The quantitative estimate of drug-likeness (QED) is 0.536. The normalized spacial score (nSPS) is 20.8. The molecule has 1 heterocycles. The predicted molar refractivity (Wildman–Crippen MR) is 64.6 cm³/mol. The highest BCUT2D eigenvalue weighted by Crippen LogP contribution is 2.29. The first-order chi connectivity index (χ1) is 8.56. The maximum atomic E-state index is 12.0. The molecule has 18 heavy (non-hydrogen) atoms. The van der Waals surface area contributed by atoms with E-state index < -0.39 is 0 Å². The van der Waals surface area contributed by atoms with Crippen molar-refractivity contribution in [2.75, 3.05) is 20.0 Å². The van der Waals surface area contributed by atoms with Gasteiger partial charge in [0.25, 0.3) is 0 Å². The van der Waals surface area contributed by atoms with E-state index in [1.54, 1.807) is 6.92 Å². The molecule has 0 spiro atoms. The molecular weight excluding hydrogens is 236 g/mol. The average Bonchev–Trinajstić information content (AvgIpc) is 2.82. The van der Waals surface area contributed by atoms with E-state index in [1.165, 1.54) is 0 Å². The molecule has 1 aliphatic rings. The number of carbonyl (C=O) groups is 2. The van der Waals surface area contributed by atoms with E-state index >= 15 is 0 Å². The fourth-order valence-electron chi connectivity index (χ4n) is 2.20. The maximum absolute atomic E-state index is 12.0. The van der Waals surface area contributed by atoms with E-state index in [9.17, 15) is 9.59 Å². The van der Waals surface area contributed by atoms with Crippen LogP contribution in [-0.2, 0) is 23.8 Å². The highest BCUT2D eigenvalue weighted by atomic mass is 16.7. The van der Waals surface area contributed by atoms with Crippen LogP contribution in [0.5, 0.6) is 0 Å². The minimum atomic E-state index is -0.368. The topological polar surface area (TPSA) is 61.8 Å². The van der Waals surface area contributed by atoms with Crippen molar-refractivity contribution < 1.29 is 23.8 Å². The van der Waals surface area contributed by atoms with Gasteiger partial charge in [-0.05, 0) is 18.3 Å². The molecule has 0 N–H and O–H groups in total. The molecule has 0 saturated carbocycles. The van der Waals surface area contributed by atoms with Gasteiger partial charge in [0.2, 0.25) is 6.79 Å². The second-order valence-corrected chi connectivity index (χ2v) is 4.84. The van der Waals surface area contributed by atoms with E-state index in [0.29, 0.717) is 13.2 Å². The molecule has 1 saturated heterocycles. The van der Waals surface area contributed by atoms with Gasteiger partial charge in [0.15, 0.2) is 0 Å². The Kier molecular flexibility index (Phi) is 6.12. The Morgan fingerprint density at radius 1 is 1.33 bits per heavy atom. The average molecular weight is 258 g/mol. The molecule has 0 aromatic rings. The van der Waals surface area contributed by atoms with Gasteiger partial charge in [-0.2, -0.15) is 0 Å². The zero-order chi connectivity index (χ0) is 13.5. The first-order valence-electron chi connectivity index (χ1n) is 6.46. The van der Waals surface area contributed by atoms with Crippen molar-refractivity contribution in [1.82, 2.24) is 0 Å². The van der Waals surface area contributed by atoms with Crippen molar-refractivity contribution in [3.63, 3.8) is 0 Å². The zero-order valence-corrected chi connectivity index (χ0v) is 11.3. The summed E-state index contributed by atoms with van der Waals surface area (Å²) in [6, 6.07) is 0. The summed E-state index contributed by atoms with van der Waals surface area (Å²) in [7, 11) is 0. The fourth-order valence-corrected chi connectivity index (χ4v) is 2.20. The summed E-state index contributed by atoms with van der Waals surface area (Å²) in [6.07, 6.45) is 1.16. The number of carbonyl (C=O) groups excluding carboxylic acids is 2. The van der Waals surface area contributed by atoms with Gasteiger partial charge in [0.05, 0.1) is 12.5 Å². The van der Waals surface area contributed by atoms with Gasteiger partial charge in [-0.15, -0.1) is 0 Å². The molecule has 1 aliphatic heterocycles. The van der Waals surface area contributed by atoms with Crippen molar-refractivity contribution in [3.8, 4) is 0 Å². The zero-order valence-electron chi connectivity index (χ0n) is 11.3. The Bertz CT molecular complexity index is 281. The van der Waals surface area contributed by atoms with Crippen LogP contribution >= 0.6 is 0 Å². The second-order valence-electron chi connectivity index (χ2n) is 4.84. The smallest absolute Gasteiger partial charge is 0.312 e. The molecule has 104 valence electrons. The van der Waals surface area contributed by atoms with Gasteiger partial charge in [-0.3, -0.25) is 9.59 Å². The Balaban J connectivity index is 2.42. The number of rotatable bonds is 6. The first-order valence-corrected chi connectivity index (χ1v) is 6.46. The van der Waals surface area contributed by atoms with Crippen LogP contribution in [0.3, 0.4) is 0 Å². The first kappa shape index (κ1) is 15.0. The molecule has 5 heteroatoms. The minimum Gasteiger partial charge on any atom is -0.428 e. The van der Waals surface area contributed by atoms with E-state index in [1.807, 2.05) is 13.8 Å². The molecule has 1 fully saturated rings. The summed E-state index contributed by atoms with van der Waals surface area (Å²) in [5.41, 5.74) is 0. The van der Waals surface area contributed by atoms with Crippen LogP contribution in [-0.4, -0.2) is 31.9 Å². The molecule has 5 nitrogen and oxygen atoms in total. The standard InChI is InChI=1S/C13H22O5/c1-4-11(14)17-8-18-13(15)12(9(2)3)10-5-6-16-7-10/h9-10,12H,4-8H2,1-3H3. The van der Waals surface area contributed by atoms with Gasteiger partial charge in [0, 0.05) is 13.0 Å². The van der Waals surface area contributed by atoms with Crippen LogP contribution in [0.4, 0.5) is 0 Å². The largest absolute Gasteiger partial charge is 0.428 e. The summed E-state index contributed by atoms with van der Waals surface area (Å²) in [6.45, 7) is 6.68. The Morgan fingerprint density at radius 2 is 2.06 bits per heavy atom. The highest BCUT2D eigenvalue weighted by molar-refractivity contribution is 5.73. The van der Waals surface area contributed by atoms with E-state index in [-0.39, 0.29) is 42.9 Å². The number of hydrogen-bond donors (Lipinski definition) is 0. The molecular formula is C13H22O5. The molecule has 2 unspecified atom stereocenters. The van der Waals surface area contributed by atoms with Crippen LogP contribution in [0.1, 0.15) is 33.6 Å². The molecule has 0 amide bonds. The third-order valence-electron chi connectivity index (χ3n) is 3.17. The third-order valence-corrected chi connectivity index (χ3v) is 3.17. The van der Waals surface area contributed by atoms with Gasteiger partial charge >= 0.3 is 11.9 Å². The third kappa shape index (κ3) is 4.29. The highest BCUT2D eigenvalue weighted by Gasteiger charge is 2.34. The summed E-state index contributed by atoms with van der Waals surface area (Å²) in [5, 5.41) is 0. The number of hydrogen-bond acceptors (Lipinski definition) is 5. The van der Waals surface area contributed by atoms with Gasteiger partial charge in [-0.25, -0.2) is 0 Å². The minimum absolute atomic E-state index is 0.186. The molecule has 0 aliphatic carbocycles. The SMILES string of the molecule is CCC(=O)OCOC(=O)C(C(C)C)C1CCOC1. The molecule has 0 radical (unpaired) electrons. The summed E-state index contributed by atoms with van der Waals surface area (Å²) in [4.78, 5) is 22.9. The van der Waals surface area contributed by atoms with Crippen LogP contribution in [0, 0.1) is 17.8 Å². The Morgan fingerprint density at radius 3 is 2.56 bits per heavy atom. The van der Waals surface area contributed by atoms with Gasteiger partial charge in [0.1, 0.15) is 0 Å². The lowest BCUT2D eigenvalue weighted by Gasteiger charge is -2.23. The Hall–Kier alpha value is -1.10. The van der Waals surface area contributed by atoms with Crippen molar-refractivity contribution in [2.24, 2.45) is 17.8 Å². The Labute approximate surface area is 108 Å². The van der Waals surface area contributed by atoms with Crippen molar-refractivity contribution in [2.45, 2.75) is 33.6 Å². The monoisotopic (exact) mass is 258 g/mol. The van der Waals surface area contributed by atoms with E-state index in [2.05, 4.69) is 0 Å². The van der Waals surface area contributed by atoms with Crippen molar-refractivity contribution in [1.29, 1.82) is 0 Å². The van der Waals surface area contributed by atoms with Crippen LogP contribution in [0.2, 0.25) is 0 Å². The number of ether oxygens (including phenoxy) is 3. The number of esters is 2. The molecule has 0 bridgehead atoms. The summed E-state index contributed by atoms with van der Waals surface area (Å²) >= 11 is 0. The molecule has 0 aromatic carbocycles. The van der Waals surface area contributed by atoms with Crippen LogP contribution in [0.25, 0.3) is 0 Å². The summed E-state index contributed by atoms with van der Waals surface area (Å²) < 4.78 is 15.1. The molecule has 0 aromatic heterocycles.